The largest absolute Gasteiger partial charge is 0.486 e. The molecular formula is C15H14BrF2NO. The number of ether oxygens (including phenoxy) is 1. The molecule has 0 fully saturated rings. The molecule has 0 saturated carbocycles. The van der Waals surface area contributed by atoms with Crippen molar-refractivity contribution in [3.8, 4) is 5.75 Å². The Morgan fingerprint density at radius 3 is 2.65 bits per heavy atom. The van der Waals surface area contributed by atoms with Crippen molar-refractivity contribution >= 4 is 15.9 Å². The van der Waals surface area contributed by atoms with Crippen LogP contribution in [0.15, 0.2) is 40.9 Å². The van der Waals surface area contributed by atoms with E-state index < -0.39 is 5.82 Å². The second-order valence-electron chi connectivity index (χ2n) is 4.30. The van der Waals surface area contributed by atoms with E-state index in [0.29, 0.717) is 16.6 Å². The Balaban J connectivity index is 2.09. The van der Waals surface area contributed by atoms with E-state index in [9.17, 15) is 8.78 Å². The Kier molecular flexibility index (Phi) is 5.09. The van der Waals surface area contributed by atoms with Crippen LogP contribution in [-0.4, -0.2) is 7.05 Å². The molecular weight excluding hydrogens is 328 g/mol. The summed E-state index contributed by atoms with van der Waals surface area (Å²) < 4.78 is 32.9. The number of halogens is 3. The van der Waals surface area contributed by atoms with Gasteiger partial charge in [0.2, 0.25) is 0 Å². The SMILES string of the molecule is CNCc1ccc(OCc2cccc(F)c2Br)c(F)c1. The van der Waals surface area contributed by atoms with Crippen LogP contribution in [-0.2, 0) is 13.2 Å². The number of benzene rings is 2. The number of hydrogen-bond acceptors (Lipinski definition) is 2. The highest BCUT2D eigenvalue weighted by Gasteiger charge is 2.08. The smallest absolute Gasteiger partial charge is 0.165 e. The molecule has 0 aliphatic carbocycles. The average Bonchev–Trinajstić information content (AvgIpc) is 2.42. The molecule has 0 atom stereocenters. The topological polar surface area (TPSA) is 21.3 Å². The van der Waals surface area contributed by atoms with E-state index in [2.05, 4.69) is 21.2 Å². The van der Waals surface area contributed by atoms with Gasteiger partial charge in [0.15, 0.2) is 11.6 Å². The Labute approximate surface area is 124 Å². The molecule has 20 heavy (non-hydrogen) atoms. The summed E-state index contributed by atoms with van der Waals surface area (Å²) in [6, 6.07) is 9.45. The van der Waals surface area contributed by atoms with Crippen LogP contribution in [0.5, 0.6) is 5.75 Å². The fourth-order valence-electron chi connectivity index (χ4n) is 1.79. The molecule has 0 aromatic heterocycles. The zero-order valence-electron chi connectivity index (χ0n) is 10.9. The van der Waals surface area contributed by atoms with Crippen molar-refractivity contribution in [3.05, 3.63) is 63.6 Å². The summed E-state index contributed by atoms with van der Waals surface area (Å²) >= 11 is 3.15. The van der Waals surface area contributed by atoms with Gasteiger partial charge in [0, 0.05) is 12.1 Å². The van der Waals surface area contributed by atoms with Gasteiger partial charge in [0.05, 0.1) is 4.47 Å². The van der Waals surface area contributed by atoms with Crippen molar-refractivity contribution < 1.29 is 13.5 Å². The van der Waals surface area contributed by atoms with E-state index in [-0.39, 0.29) is 18.2 Å². The zero-order chi connectivity index (χ0) is 14.5. The van der Waals surface area contributed by atoms with Gasteiger partial charge in [0.25, 0.3) is 0 Å². The molecule has 1 N–H and O–H groups in total. The number of nitrogens with one attached hydrogen (secondary N) is 1. The second kappa shape index (κ2) is 6.81. The van der Waals surface area contributed by atoms with Crippen LogP contribution in [0.3, 0.4) is 0 Å². The van der Waals surface area contributed by atoms with Gasteiger partial charge in [-0.3, -0.25) is 0 Å². The fourth-order valence-corrected chi connectivity index (χ4v) is 2.17. The number of hydrogen-bond donors (Lipinski definition) is 1. The zero-order valence-corrected chi connectivity index (χ0v) is 12.5. The normalized spacial score (nSPS) is 10.6. The van der Waals surface area contributed by atoms with Gasteiger partial charge < -0.3 is 10.1 Å². The first-order chi connectivity index (χ1) is 9.61. The summed E-state index contributed by atoms with van der Waals surface area (Å²) in [5.41, 5.74) is 1.47. The minimum absolute atomic E-state index is 0.0979. The molecule has 106 valence electrons. The maximum atomic E-state index is 13.8. The second-order valence-corrected chi connectivity index (χ2v) is 5.09. The first kappa shape index (κ1) is 14.9. The minimum atomic E-state index is -0.426. The first-order valence-corrected chi connectivity index (χ1v) is 6.90. The molecule has 0 radical (unpaired) electrons. The van der Waals surface area contributed by atoms with Crippen molar-refractivity contribution in [2.75, 3.05) is 7.05 Å². The quantitative estimate of drug-likeness (QED) is 0.886. The van der Waals surface area contributed by atoms with Crippen molar-refractivity contribution in [1.82, 2.24) is 5.32 Å². The van der Waals surface area contributed by atoms with Crippen LogP contribution < -0.4 is 10.1 Å². The first-order valence-electron chi connectivity index (χ1n) is 6.10. The molecule has 0 aliphatic heterocycles. The molecule has 0 bridgehead atoms. The van der Waals surface area contributed by atoms with Crippen LogP contribution in [0.1, 0.15) is 11.1 Å². The van der Waals surface area contributed by atoms with Gasteiger partial charge in [-0.25, -0.2) is 8.78 Å². The fraction of sp³-hybridized carbons (Fsp3) is 0.200. The Hall–Kier alpha value is -1.46. The Morgan fingerprint density at radius 1 is 1.15 bits per heavy atom. The molecule has 0 spiro atoms. The lowest BCUT2D eigenvalue weighted by Gasteiger charge is -2.10. The van der Waals surface area contributed by atoms with Crippen molar-refractivity contribution in [2.24, 2.45) is 0 Å². The van der Waals surface area contributed by atoms with Gasteiger partial charge in [-0.2, -0.15) is 0 Å². The van der Waals surface area contributed by atoms with E-state index in [1.165, 1.54) is 12.1 Å². The van der Waals surface area contributed by atoms with Crippen LogP contribution in [0.25, 0.3) is 0 Å². The maximum Gasteiger partial charge on any atom is 0.165 e. The van der Waals surface area contributed by atoms with Crippen molar-refractivity contribution in [2.45, 2.75) is 13.2 Å². The maximum absolute atomic E-state index is 13.8. The summed E-state index contributed by atoms with van der Waals surface area (Å²) in [7, 11) is 1.80. The molecule has 0 unspecified atom stereocenters. The molecule has 2 nitrogen and oxygen atoms in total. The summed E-state index contributed by atoms with van der Waals surface area (Å²) in [6.45, 7) is 0.688. The van der Waals surface area contributed by atoms with Crippen LogP contribution >= 0.6 is 15.9 Å². The molecule has 0 heterocycles. The molecule has 5 heteroatoms. The van der Waals surface area contributed by atoms with E-state index in [1.54, 1.807) is 31.3 Å². The summed E-state index contributed by atoms with van der Waals surface area (Å²) in [5, 5.41) is 2.95. The Morgan fingerprint density at radius 2 is 1.95 bits per heavy atom. The standard InChI is InChI=1S/C15H14BrF2NO/c1-19-8-10-5-6-14(13(18)7-10)20-9-11-3-2-4-12(17)15(11)16/h2-7,19H,8-9H2,1H3. The van der Waals surface area contributed by atoms with Crippen molar-refractivity contribution in [1.29, 1.82) is 0 Å². The third-order valence-corrected chi connectivity index (χ3v) is 3.68. The number of rotatable bonds is 5. The predicted octanol–water partition coefficient (Wildman–Crippen LogP) is 4.03. The Bertz CT molecular complexity index is 604. The van der Waals surface area contributed by atoms with Crippen LogP contribution in [0.4, 0.5) is 8.78 Å². The van der Waals surface area contributed by atoms with Gasteiger partial charge in [-0.1, -0.05) is 18.2 Å². The highest BCUT2D eigenvalue weighted by Crippen LogP contribution is 2.24. The van der Waals surface area contributed by atoms with Crippen LogP contribution in [0.2, 0.25) is 0 Å². The van der Waals surface area contributed by atoms with Gasteiger partial charge in [-0.05, 0) is 46.7 Å². The third kappa shape index (κ3) is 3.55. The highest BCUT2D eigenvalue weighted by molar-refractivity contribution is 9.10. The van der Waals surface area contributed by atoms with Gasteiger partial charge >= 0.3 is 0 Å². The lowest BCUT2D eigenvalue weighted by molar-refractivity contribution is 0.288. The molecule has 0 saturated heterocycles. The van der Waals surface area contributed by atoms with E-state index >= 15 is 0 Å². The monoisotopic (exact) mass is 341 g/mol. The van der Waals surface area contributed by atoms with Crippen LogP contribution in [0, 0.1) is 11.6 Å². The van der Waals surface area contributed by atoms with E-state index in [4.69, 9.17) is 4.74 Å². The molecule has 0 aliphatic rings. The summed E-state index contributed by atoms with van der Waals surface area (Å²) in [5.74, 6) is -0.637. The molecule has 2 rings (SSSR count). The lowest BCUT2D eigenvalue weighted by atomic mass is 10.2. The molecule has 2 aromatic rings. The van der Waals surface area contributed by atoms with E-state index in [0.717, 1.165) is 5.56 Å². The summed E-state index contributed by atoms with van der Waals surface area (Å²) in [4.78, 5) is 0. The summed E-state index contributed by atoms with van der Waals surface area (Å²) in [6.07, 6.45) is 0. The van der Waals surface area contributed by atoms with Gasteiger partial charge in [-0.15, -0.1) is 0 Å². The van der Waals surface area contributed by atoms with Crippen molar-refractivity contribution in [3.63, 3.8) is 0 Å². The highest BCUT2D eigenvalue weighted by atomic mass is 79.9. The average molecular weight is 342 g/mol. The van der Waals surface area contributed by atoms with E-state index in [1.807, 2.05) is 0 Å². The van der Waals surface area contributed by atoms with Gasteiger partial charge in [0.1, 0.15) is 12.4 Å². The molecule has 2 aromatic carbocycles. The minimum Gasteiger partial charge on any atom is -0.486 e. The lowest BCUT2D eigenvalue weighted by Crippen LogP contribution is -2.06. The predicted molar refractivity (Wildman–Crippen MR) is 77.6 cm³/mol. The third-order valence-electron chi connectivity index (χ3n) is 2.79. The molecule has 0 amide bonds.